The molecule has 2 aromatic heterocycles. The summed E-state index contributed by atoms with van der Waals surface area (Å²) in [4.78, 5) is 19.9. The topological polar surface area (TPSA) is 59.0 Å². The number of piperidine rings is 1. The standard InChI is InChI=1S/C16H16N4OS2/c1-10-14(23-19-18-10)16(21)20-8-6-11(7-9-20)15-17-12-4-2-3-5-13(12)22-15/h2-5,11H,6-9H2,1H3. The zero-order valence-electron chi connectivity index (χ0n) is 12.7. The lowest BCUT2D eigenvalue weighted by Gasteiger charge is -2.30. The summed E-state index contributed by atoms with van der Waals surface area (Å²) in [6, 6.07) is 8.26. The molecule has 118 valence electrons. The summed E-state index contributed by atoms with van der Waals surface area (Å²) in [5.41, 5.74) is 1.81. The molecule has 1 aromatic carbocycles. The molecule has 1 saturated heterocycles. The summed E-state index contributed by atoms with van der Waals surface area (Å²) >= 11 is 2.97. The molecular weight excluding hydrogens is 328 g/mol. The highest BCUT2D eigenvalue weighted by atomic mass is 32.1. The van der Waals surface area contributed by atoms with Crippen LogP contribution in [0.1, 0.15) is 39.1 Å². The SMILES string of the molecule is Cc1nnsc1C(=O)N1CCC(c2nc3ccccc3s2)CC1. The van der Waals surface area contributed by atoms with Gasteiger partial charge in [0.1, 0.15) is 4.88 Å². The lowest BCUT2D eigenvalue weighted by Crippen LogP contribution is -2.37. The van der Waals surface area contributed by atoms with Gasteiger partial charge in [0.05, 0.1) is 20.9 Å². The molecule has 4 rings (SSSR count). The van der Waals surface area contributed by atoms with E-state index >= 15 is 0 Å². The maximum absolute atomic E-state index is 12.5. The van der Waals surface area contributed by atoms with E-state index in [1.807, 2.05) is 17.9 Å². The van der Waals surface area contributed by atoms with E-state index in [0.717, 1.165) is 37.1 Å². The van der Waals surface area contributed by atoms with Gasteiger partial charge in [0.15, 0.2) is 0 Å². The molecule has 3 heterocycles. The fourth-order valence-electron chi connectivity index (χ4n) is 2.97. The minimum Gasteiger partial charge on any atom is -0.338 e. The molecule has 1 amide bonds. The molecule has 0 atom stereocenters. The van der Waals surface area contributed by atoms with E-state index in [2.05, 4.69) is 27.8 Å². The minimum atomic E-state index is 0.0697. The van der Waals surface area contributed by atoms with Crippen LogP contribution in [0.4, 0.5) is 0 Å². The van der Waals surface area contributed by atoms with Gasteiger partial charge in [-0.25, -0.2) is 4.98 Å². The molecule has 0 aliphatic carbocycles. The van der Waals surface area contributed by atoms with Gasteiger partial charge >= 0.3 is 0 Å². The number of likely N-dealkylation sites (tertiary alicyclic amines) is 1. The summed E-state index contributed by atoms with van der Waals surface area (Å²) in [5, 5.41) is 5.13. The molecular formula is C16H16N4OS2. The highest BCUT2D eigenvalue weighted by Crippen LogP contribution is 2.34. The Balaban J connectivity index is 1.46. The summed E-state index contributed by atoms with van der Waals surface area (Å²) in [6.45, 7) is 3.39. The van der Waals surface area contributed by atoms with E-state index in [1.165, 1.54) is 21.2 Å². The van der Waals surface area contributed by atoms with Crippen LogP contribution in [-0.4, -0.2) is 38.5 Å². The molecule has 0 unspecified atom stereocenters. The first-order valence-corrected chi connectivity index (χ1v) is 9.25. The molecule has 1 aliphatic heterocycles. The minimum absolute atomic E-state index is 0.0697. The van der Waals surface area contributed by atoms with Gasteiger partial charge in [-0.2, -0.15) is 0 Å². The Morgan fingerprint density at radius 2 is 2.04 bits per heavy atom. The zero-order chi connectivity index (χ0) is 15.8. The summed E-state index contributed by atoms with van der Waals surface area (Å²) in [7, 11) is 0. The van der Waals surface area contributed by atoms with E-state index in [4.69, 9.17) is 4.98 Å². The van der Waals surface area contributed by atoms with Crippen molar-refractivity contribution in [2.45, 2.75) is 25.7 Å². The maximum Gasteiger partial charge on any atom is 0.267 e. The number of amides is 1. The molecule has 1 fully saturated rings. The van der Waals surface area contributed by atoms with Crippen molar-refractivity contribution in [1.29, 1.82) is 0 Å². The Hall–Kier alpha value is -1.86. The Morgan fingerprint density at radius 3 is 2.74 bits per heavy atom. The van der Waals surface area contributed by atoms with Crippen LogP contribution in [0.3, 0.4) is 0 Å². The van der Waals surface area contributed by atoms with Crippen molar-refractivity contribution >= 4 is 39.0 Å². The second kappa shape index (κ2) is 5.98. The van der Waals surface area contributed by atoms with Crippen molar-refractivity contribution < 1.29 is 4.79 Å². The Labute approximate surface area is 142 Å². The second-order valence-electron chi connectivity index (χ2n) is 5.77. The van der Waals surface area contributed by atoms with E-state index in [0.29, 0.717) is 10.8 Å². The largest absolute Gasteiger partial charge is 0.338 e. The van der Waals surface area contributed by atoms with Gasteiger partial charge in [-0.1, -0.05) is 16.6 Å². The van der Waals surface area contributed by atoms with Crippen LogP contribution in [0.25, 0.3) is 10.2 Å². The number of nitrogens with zero attached hydrogens (tertiary/aromatic N) is 4. The van der Waals surface area contributed by atoms with E-state index in [-0.39, 0.29) is 5.91 Å². The first-order valence-electron chi connectivity index (χ1n) is 7.66. The predicted molar refractivity (Wildman–Crippen MR) is 92.1 cm³/mol. The number of thiazole rings is 1. The number of rotatable bonds is 2. The summed E-state index contributed by atoms with van der Waals surface area (Å²) in [5.74, 6) is 0.525. The van der Waals surface area contributed by atoms with Crippen LogP contribution in [0.15, 0.2) is 24.3 Å². The first kappa shape index (κ1) is 14.7. The maximum atomic E-state index is 12.5. The Kier molecular flexibility index (Phi) is 3.82. The van der Waals surface area contributed by atoms with Gasteiger partial charge in [0, 0.05) is 19.0 Å². The number of aryl methyl sites for hydroxylation is 1. The highest BCUT2D eigenvalue weighted by Gasteiger charge is 2.28. The molecule has 0 bridgehead atoms. The monoisotopic (exact) mass is 344 g/mol. The van der Waals surface area contributed by atoms with Crippen LogP contribution < -0.4 is 0 Å². The molecule has 7 heteroatoms. The number of aromatic nitrogens is 3. The van der Waals surface area contributed by atoms with E-state index < -0.39 is 0 Å². The molecule has 23 heavy (non-hydrogen) atoms. The number of carbonyl (C=O) groups is 1. The van der Waals surface area contributed by atoms with Crippen molar-refractivity contribution in [3.8, 4) is 0 Å². The third kappa shape index (κ3) is 2.74. The van der Waals surface area contributed by atoms with Crippen LogP contribution in [0.5, 0.6) is 0 Å². The number of fused-ring (bicyclic) bond motifs is 1. The predicted octanol–water partition coefficient (Wildman–Crippen LogP) is 3.48. The molecule has 1 aliphatic rings. The van der Waals surface area contributed by atoms with Crippen LogP contribution in [0, 0.1) is 6.92 Å². The second-order valence-corrected chi connectivity index (χ2v) is 7.59. The molecule has 0 saturated carbocycles. The van der Waals surface area contributed by atoms with Crippen molar-refractivity contribution in [1.82, 2.24) is 19.5 Å². The van der Waals surface area contributed by atoms with Gasteiger partial charge in [-0.3, -0.25) is 4.79 Å². The lowest BCUT2D eigenvalue weighted by molar-refractivity contribution is 0.0717. The van der Waals surface area contributed by atoms with Crippen molar-refractivity contribution in [2.24, 2.45) is 0 Å². The molecule has 0 spiro atoms. The van der Waals surface area contributed by atoms with Gasteiger partial charge in [-0.05, 0) is 43.4 Å². The normalized spacial score (nSPS) is 16.1. The summed E-state index contributed by atoms with van der Waals surface area (Å²) < 4.78 is 5.10. The molecule has 3 aromatic rings. The number of benzene rings is 1. The number of carbonyl (C=O) groups excluding carboxylic acids is 1. The smallest absolute Gasteiger partial charge is 0.267 e. The van der Waals surface area contributed by atoms with Crippen LogP contribution in [0.2, 0.25) is 0 Å². The Morgan fingerprint density at radius 1 is 1.26 bits per heavy atom. The average molecular weight is 344 g/mol. The van der Waals surface area contributed by atoms with E-state index in [9.17, 15) is 4.79 Å². The van der Waals surface area contributed by atoms with Crippen LogP contribution >= 0.6 is 22.9 Å². The third-order valence-electron chi connectivity index (χ3n) is 4.29. The zero-order valence-corrected chi connectivity index (χ0v) is 14.4. The fraction of sp³-hybridized carbons (Fsp3) is 0.375. The van der Waals surface area contributed by atoms with Gasteiger partial charge in [-0.15, -0.1) is 16.4 Å². The van der Waals surface area contributed by atoms with Crippen molar-refractivity contribution in [2.75, 3.05) is 13.1 Å². The molecule has 0 radical (unpaired) electrons. The number of para-hydroxylation sites is 1. The number of hydrogen-bond acceptors (Lipinski definition) is 6. The van der Waals surface area contributed by atoms with Crippen molar-refractivity contribution in [3.63, 3.8) is 0 Å². The fourth-order valence-corrected chi connectivity index (χ4v) is 4.73. The van der Waals surface area contributed by atoms with Crippen LogP contribution in [-0.2, 0) is 0 Å². The molecule has 5 nitrogen and oxygen atoms in total. The van der Waals surface area contributed by atoms with E-state index in [1.54, 1.807) is 11.3 Å². The number of hydrogen-bond donors (Lipinski definition) is 0. The quantitative estimate of drug-likeness (QED) is 0.714. The van der Waals surface area contributed by atoms with Gasteiger partial charge in [0.25, 0.3) is 5.91 Å². The van der Waals surface area contributed by atoms with Gasteiger partial charge in [0.2, 0.25) is 0 Å². The first-order chi connectivity index (χ1) is 11.2. The Bertz CT molecular complexity index is 816. The molecule has 0 N–H and O–H groups in total. The van der Waals surface area contributed by atoms with Crippen molar-refractivity contribution in [3.05, 3.63) is 39.8 Å². The third-order valence-corrected chi connectivity index (χ3v) is 6.30. The van der Waals surface area contributed by atoms with Gasteiger partial charge < -0.3 is 4.90 Å². The lowest BCUT2D eigenvalue weighted by atomic mass is 9.97. The summed E-state index contributed by atoms with van der Waals surface area (Å²) in [6.07, 6.45) is 1.94. The average Bonchev–Trinajstić information content (AvgIpc) is 3.20. The highest BCUT2D eigenvalue weighted by molar-refractivity contribution is 7.18.